The first-order valence-electron chi connectivity index (χ1n) is 3.67. The van der Waals surface area contributed by atoms with Crippen LogP contribution in [0, 0.1) is 0 Å². The van der Waals surface area contributed by atoms with Gasteiger partial charge in [-0.1, -0.05) is 0 Å². The summed E-state index contributed by atoms with van der Waals surface area (Å²) in [5.41, 5.74) is 0.847. The molecule has 5 heteroatoms. The topological polar surface area (TPSA) is 48.8 Å². The van der Waals surface area contributed by atoms with E-state index in [1.165, 1.54) is 0 Å². The minimum Gasteiger partial charge on any atom is -0.611 e. The van der Waals surface area contributed by atoms with Crippen LogP contribution in [0.1, 0.15) is 12.1 Å². The molecular formula is C7H7ClN2OS. The summed E-state index contributed by atoms with van der Waals surface area (Å²) in [4.78, 5) is 8.58. The number of rotatable bonds is 0. The molecule has 0 saturated heterocycles. The van der Waals surface area contributed by atoms with Crippen LogP contribution in [0.25, 0.3) is 0 Å². The number of halogens is 1. The molecule has 1 aromatic heterocycles. The predicted molar refractivity (Wildman–Crippen MR) is 46.6 cm³/mol. The number of aromatic nitrogens is 2. The van der Waals surface area contributed by atoms with Gasteiger partial charge in [0.05, 0.1) is 6.20 Å². The van der Waals surface area contributed by atoms with Crippen molar-refractivity contribution in [1.82, 2.24) is 9.97 Å². The third-order valence-corrected chi connectivity index (χ3v) is 3.46. The molecule has 1 unspecified atom stereocenters. The van der Waals surface area contributed by atoms with Crippen LogP contribution in [-0.2, 0) is 17.6 Å². The Kier molecular flexibility index (Phi) is 2.21. The summed E-state index contributed by atoms with van der Waals surface area (Å²) in [7, 11) is 0. The SMILES string of the molecule is [O-][S+]1CCCc2nc(Cl)ncc21. The number of aryl methyl sites for hydroxylation is 1. The van der Waals surface area contributed by atoms with Gasteiger partial charge in [0.15, 0.2) is 4.90 Å². The highest BCUT2D eigenvalue weighted by Gasteiger charge is 2.23. The van der Waals surface area contributed by atoms with E-state index in [0.29, 0.717) is 0 Å². The molecule has 1 aliphatic rings. The van der Waals surface area contributed by atoms with E-state index in [1.807, 2.05) is 0 Å². The highest BCUT2D eigenvalue weighted by molar-refractivity contribution is 7.91. The Morgan fingerprint density at radius 2 is 2.42 bits per heavy atom. The van der Waals surface area contributed by atoms with E-state index in [4.69, 9.17) is 11.6 Å². The zero-order valence-electron chi connectivity index (χ0n) is 6.29. The first-order valence-corrected chi connectivity index (χ1v) is 5.37. The molecule has 0 N–H and O–H groups in total. The normalized spacial score (nSPS) is 22.0. The van der Waals surface area contributed by atoms with Crippen molar-refractivity contribution < 1.29 is 4.55 Å². The quantitative estimate of drug-likeness (QED) is 0.469. The first kappa shape index (κ1) is 8.29. The molecule has 0 aromatic carbocycles. The maximum atomic E-state index is 11.4. The van der Waals surface area contributed by atoms with E-state index in [2.05, 4.69) is 9.97 Å². The number of fused-ring (bicyclic) bond motifs is 1. The first-order chi connectivity index (χ1) is 5.77. The van der Waals surface area contributed by atoms with E-state index in [-0.39, 0.29) is 5.28 Å². The van der Waals surface area contributed by atoms with Crippen molar-refractivity contribution in [3.05, 3.63) is 17.2 Å². The maximum absolute atomic E-state index is 11.4. The molecule has 1 aromatic rings. The summed E-state index contributed by atoms with van der Waals surface area (Å²) in [5, 5.41) is 0.243. The lowest BCUT2D eigenvalue weighted by molar-refractivity contribution is 0.582. The third-order valence-electron chi connectivity index (χ3n) is 1.79. The van der Waals surface area contributed by atoms with E-state index in [1.54, 1.807) is 6.20 Å². The molecule has 12 heavy (non-hydrogen) atoms. The van der Waals surface area contributed by atoms with Gasteiger partial charge in [-0.05, 0) is 35.6 Å². The van der Waals surface area contributed by atoms with Crippen LogP contribution in [0.15, 0.2) is 11.1 Å². The van der Waals surface area contributed by atoms with Gasteiger partial charge in [-0.15, -0.1) is 0 Å². The van der Waals surface area contributed by atoms with Gasteiger partial charge in [0.25, 0.3) is 0 Å². The minimum atomic E-state index is -0.907. The highest BCUT2D eigenvalue weighted by atomic mass is 35.5. The van der Waals surface area contributed by atoms with Gasteiger partial charge in [0.1, 0.15) is 11.4 Å². The van der Waals surface area contributed by atoms with Gasteiger partial charge < -0.3 is 4.55 Å². The van der Waals surface area contributed by atoms with Crippen LogP contribution in [0.4, 0.5) is 0 Å². The van der Waals surface area contributed by atoms with Crippen molar-refractivity contribution in [2.45, 2.75) is 17.7 Å². The molecule has 3 nitrogen and oxygen atoms in total. The lowest BCUT2D eigenvalue weighted by atomic mass is 10.2. The average molecular weight is 203 g/mol. The lowest BCUT2D eigenvalue weighted by Crippen LogP contribution is -2.17. The Morgan fingerprint density at radius 3 is 3.25 bits per heavy atom. The summed E-state index contributed by atoms with van der Waals surface area (Å²) in [6.07, 6.45) is 3.36. The van der Waals surface area contributed by atoms with Gasteiger partial charge >= 0.3 is 0 Å². The molecule has 2 heterocycles. The third kappa shape index (κ3) is 1.42. The summed E-state index contributed by atoms with van der Waals surface area (Å²) in [5.74, 6) is 0.720. The Hall–Kier alpha value is -0.320. The van der Waals surface area contributed by atoms with Crippen molar-refractivity contribution in [3.8, 4) is 0 Å². The van der Waals surface area contributed by atoms with Crippen molar-refractivity contribution in [2.24, 2.45) is 0 Å². The predicted octanol–water partition coefficient (Wildman–Crippen LogP) is 1.18. The molecule has 0 radical (unpaired) electrons. The number of nitrogens with zero attached hydrogens (tertiary/aromatic N) is 2. The monoisotopic (exact) mass is 202 g/mol. The molecule has 0 amide bonds. The fourth-order valence-corrected chi connectivity index (χ4v) is 2.59. The van der Waals surface area contributed by atoms with Gasteiger partial charge in [0.2, 0.25) is 5.28 Å². The minimum absolute atomic E-state index is 0.243. The molecule has 0 bridgehead atoms. The van der Waals surface area contributed by atoms with Crippen molar-refractivity contribution in [2.75, 3.05) is 5.75 Å². The van der Waals surface area contributed by atoms with Crippen LogP contribution in [0.3, 0.4) is 0 Å². The second-order valence-corrected chi connectivity index (χ2v) is 4.48. The molecule has 1 atom stereocenters. The van der Waals surface area contributed by atoms with E-state index in [9.17, 15) is 4.55 Å². The van der Waals surface area contributed by atoms with E-state index >= 15 is 0 Å². The second-order valence-electron chi connectivity index (χ2n) is 2.60. The molecule has 0 fully saturated rings. The van der Waals surface area contributed by atoms with Crippen molar-refractivity contribution >= 4 is 22.8 Å². The summed E-state index contributed by atoms with van der Waals surface area (Å²) in [6.45, 7) is 0. The Morgan fingerprint density at radius 1 is 1.58 bits per heavy atom. The zero-order chi connectivity index (χ0) is 8.55. The molecular weight excluding hydrogens is 196 g/mol. The van der Waals surface area contributed by atoms with Crippen LogP contribution in [-0.4, -0.2) is 20.3 Å². The largest absolute Gasteiger partial charge is 0.611 e. The van der Waals surface area contributed by atoms with Crippen LogP contribution in [0.5, 0.6) is 0 Å². The Labute approximate surface area is 78.4 Å². The summed E-state index contributed by atoms with van der Waals surface area (Å²) in [6, 6.07) is 0. The lowest BCUT2D eigenvalue weighted by Gasteiger charge is -2.17. The summed E-state index contributed by atoms with van der Waals surface area (Å²) < 4.78 is 11.4. The van der Waals surface area contributed by atoms with Crippen molar-refractivity contribution in [3.63, 3.8) is 0 Å². The second kappa shape index (κ2) is 3.20. The van der Waals surface area contributed by atoms with Crippen LogP contribution >= 0.6 is 11.6 Å². The maximum Gasteiger partial charge on any atom is 0.222 e. The molecule has 1 aliphatic heterocycles. The average Bonchev–Trinajstić information content (AvgIpc) is 2.04. The number of hydrogen-bond acceptors (Lipinski definition) is 3. The highest BCUT2D eigenvalue weighted by Crippen LogP contribution is 2.23. The van der Waals surface area contributed by atoms with Crippen molar-refractivity contribution in [1.29, 1.82) is 0 Å². The zero-order valence-corrected chi connectivity index (χ0v) is 7.86. The van der Waals surface area contributed by atoms with E-state index < -0.39 is 11.2 Å². The molecule has 0 spiro atoms. The Bertz CT molecular complexity index is 307. The van der Waals surface area contributed by atoms with E-state index in [0.717, 1.165) is 29.2 Å². The summed E-state index contributed by atoms with van der Waals surface area (Å²) >= 11 is 4.70. The fourth-order valence-electron chi connectivity index (χ4n) is 1.23. The van der Waals surface area contributed by atoms with Crippen LogP contribution in [0.2, 0.25) is 5.28 Å². The molecule has 64 valence electrons. The van der Waals surface area contributed by atoms with Gasteiger partial charge in [-0.2, -0.15) is 0 Å². The smallest absolute Gasteiger partial charge is 0.222 e. The van der Waals surface area contributed by atoms with Gasteiger partial charge in [-0.3, -0.25) is 0 Å². The molecule has 0 aliphatic carbocycles. The molecule has 0 saturated carbocycles. The van der Waals surface area contributed by atoms with Gasteiger partial charge in [-0.25, -0.2) is 9.97 Å². The number of hydrogen-bond donors (Lipinski definition) is 0. The standard InChI is InChI=1S/C7H7ClN2OS/c8-7-9-4-6-5(10-7)2-1-3-12(6)11/h4H,1-3H2. The fraction of sp³-hybridized carbons (Fsp3) is 0.429. The molecule has 2 rings (SSSR count). The van der Waals surface area contributed by atoms with Crippen LogP contribution < -0.4 is 0 Å². The Balaban J connectivity index is 2.46. The van der Waals surface area contributed by atoms with Gasteiger partial charge in [0, 0.05) is 0 Å².